The molecule has 0 atom stereocenters. The summed E-state index contributed by atoms with van der Waals surface area (Å²) in [5.41, 5.74) is 1.59. The summed E-state index contributed by atoms with van der Waals surface area (Å²) in [4.78, 5) is 33.5. The first-order valence-corrected chi connectivity index (χ1v) is 10.7. The zero-order chi connectivity index (χ0) is 21.4. The zero-order valence-electron chi connectivity index (χ0n) is 17.6. The van der Waals surface area contributed by atoms with E-state index in [9.17, 15) is 9.59 Å². The van der Waals surface area contributed by atoms with Crippen LogP contribution in [0.15, 0.2) is 40.8 Å². The molecule has 1 aliphatic carbocycles. The maximum absolute atomic E-state index is 13.4. The second-order valence-electron chi connectivity index (χ2n) is 8.05. The number of aryl methyl sites for hydroxylation is 3. The molecule has 5 rings (SSSR count). The largest absolute Gasteiger partial charge is 0.466 e. The van der Waals surface area contributed by atoms with Crippen LogP contribution in [0.1, 0.15) is 49.4 Å². The fourth-order valence-corrected chi connectivity index (χ4v) is 4.37. The summed E-state index contributed by atoms with van der Waals surface area (Å²) in [6.45, 7) is 6.48. The number of aromatic nitrogens is 2. The lowest BCUT2D eigenvalue weighted by Crippen LogP contribution is -2.38. The van der Waals surface area contributed by atoms with Crippen LogP contribution in [0.25, 0.3) is 0 Å². The monoisotopic (exact) mass is 419 g/mol. The number of fused-ring (bicyclic) bond motifs is 2. The predicted octanol–water partition coefficient (Wildman–Crippen LogP) is 2.68. The van der Waals surface area contributed by atoms with E-state index in [0.29, 0.717) is 36.2 Å². The molecule has 31 heavy (non-hydrogen) atoms. The van der Waals surface area contributed by atoms with Gasteiger partial charge in [0.05, 0.1) is 13.2 Å². The van der Waals surface area contributed by atoms with E-state index in [1.807, 2.05) is 23.6 Å². The Bertz CT molecular complexity index is 1140. The number of hydrogen-bond acceptors (Lipinski definition) is 6. The van der Waals surface area contributed by atoms with Crippen LogP contribution in [0, 0.1) is 6.92 Å². The standard InChI is InChI=1S/C24H25N3O4/c1-16-6-7-17(31-16)8-9-20-25-21-22(27(20)11-10-26-12-14-30-15-13-26)24(29)19-5-3-2-4-18(19)23(21)28/h2-7H,8-15H2,1H3. The minimum absolute atomic E-state index is 0.125. The molecule has 0 radical (unpaired) electrons. The van der Waals surface area contributed by atoms with Gasteiger partial charge in [-0.2, -0.15) is 0 Å². The highest BCUT2D eigenvalue weighted by Gasteiger charge is 2.35. The van der Waals surface area contributed by atoms with Crippen molar-refractivity contribution in [2.24, 2.45) is 0 Å². The number of imidazole rings is 1. The van der Waals surface area contributed by atoms with Crippen molar-refractivity contribution in [3.63, 3.8) is 0 Å². The molecular formula is C24H25N3O4. The van der Waals surface area contributed by atoms with Gasteiger partial charge in [-0.05, 0) is 19.1 Å². The van der Waals surface area contributed by atoms with Crippen LogP contribution in [0.4, 0.5) is 0 Å². The lowest BCUT2D eigenvalue weighted by atomic mass is 9.90. The normalized spacial score (nSPS) is 16.4. The number of benzene rings is 1. The van der Waals surface area contributed by atoms with E-state index < -0.39 is 0 Å². The molecule has 2 aromatic heterocycles. The number of carbonyl (C=O) groups excluding carboxylic acids is 2. The number of ether oxygens (including phenoxy) is 1. The molecule has 7 heteroatoms. The first kappa shape index (κ1) is 19.9. The molecule has 1 aromatic carbocycles. The van der Waals surface area contributed by atoms with Crippen LogP contribution in [0.5, 0.6) is 0 Å². The van der Waals surface area contributed by atoms with E-state index in [1.165, 1.54) is 0 Å². The fourth-order valence-electron chi connectivity index (χ4n) is 4.37. The second-order valence-corrected chi connectivity index (χ2v) is 8.05. The Morgan fingerprint density at radius 2 is 1.68 bits per heavy atom. The van der Waals surface area contributed by atoms with Gasteiger partial charge in [0.25, 0.3) is 0 Å². The van der Waals surface area contributed by atoms with E-state index in [4.69, 9.17) is 9.15 Å². The van der Waals surface area contributed by atoms with Gasteiger partial charge < -0.3 is 13.7 Å². The van der Waals surface area contributed by atoms with Crippen LogP contribution in [0.3, 0.4) is 0 Å². The molecule has 0 bridgehead atoms. The Morgan fingerprint density at radius 1 is 0.935 bits per heavy atom. The summed E-state index contributed by atoms with van der Waals surface area (Å²) < 4.78 is 13.1. The lowest BCUT2D eigenvalue weighted by molar-refractivity contribution is 0.0362. The van der Waals surface area contributed by atoms with Crippen molar-refractivity contribution in [2.45, 2.75) is 26.3 Å². The summed E-state index contributed by atoms with van der Waals surface area (Å²) >= 11 is 0. The zero-order valence-corrected chi connectivity index (χ0v) is 17.6. The molecule has 0 saturated carbocycles. The molecule has 0 unspecified atom stereocenters. The number of carbonyl (C=O) groups is 2. The number of hydrogen-bond donors (Lipinski definition) is 0. The maximum Gasteiger partial charge on any atom is 0.214 e. The average Bonchev–Trinajstić information content (AvgIpc) is 3.38. The molecule has 160 valence electrons. The summed E-state index contributed by atoms with van der Waals surface area (Å²) in [5.74, 6) is 2.19. The highest BCUT2D eigenvalue weighted by molar-refractivity contribution is 6.27. The van der Waals surface area contributed by atoms with Crippen LogP contribution in [-0.2, 0) is 24.1 Å². The molecule has 2 aliphatic rings. The molecule has 1 fully saturated rings. The number of ketones is 2. The number of rotatable bonds is 6. The van der Waals surface area contributed by atoms with E-state index in [0.717, 1.165) is 50.2 Å². The van der Waals surface area contributed by atoms with Crippen molar-refractivity contribution in [1.82, 2.24) is 14.5 Å². The van der Waals surface area contributed by atoms with E-state index in [2.05, 4.69) is 9.88 Å². The summed E-state index contributed by atoms with van der Waals surface area (Å²) in [5, 5.41) is 0. The minimum atomic E-state index is -0.176. The summed E-state index contributed by atoms with van der Waals surface area (Å²) in [7, 11) is 0. The highest BCUT2D eigenvalue weighted by Crippen LogP contribution is 2.28. The van der Waals surface area contributed by atoms with Gasteiger partial charge >= 0.3 is 0 Å². The molecule has 0 amide bonds. The maximum atomic E-state index is 13.4. The van der Waals surface area contributed by atoms with Gasteiger partial charge in [0, 0.05) is 50.1 Å². The van der Waals surface area contributed by atoms with Gasteiger partial charge in [-0.15, -0.1) is 0 Å². The van der Waals surface area contributed by atoms with Crippen molar-refractivity contribution in [3.05, 3.63) is 76.3 Å². The molecule has 3 aromatic rings. The number of furan rings is 1. The second kappa shape index (κ2) is 8.24. The molecule has 0 spiro atoms. The summed E-state index contributed by atoms with van der Waals surface area (Å²) in [6, 6.07) is 10.9. The third kappa shape index (κ3) is 3.75. The van der Waals surface area contributed by atoms with E-state index >= 15 is 0 Å². The molecular weight excluding hydrogens is 394 g/mol. The van der Waals surface area contributed by atoms with Crippen LogP contribution >= 0.6 is 0 Å². The minimum Gasteiger partial charge on any atom is -0.466 e. The van der Waals surface area contributed by atoms with Crippen molar-refractivity contribution >= 4 is 11.6 Å². The number of morpholine rings is 1. The van der Waals surface area contributed by atoms with Gasteiger partial charge in [0.2, 0.25) is 11.6 Å². The highest BCUT2D eigenvalue weighted by atomic mass is 16.5. The van der Waals surface area contributed by atoms with Crippen LogP contribution in [0.2, 0.25) is 0 Å². The van der Waals surface area contributed by atoms with E-state index in [-0.39, 0.29) is 17.3 Å². The predicted molar refractivity (Wildman–Crippen MR) is 114 cm³/mol. The SMILES string of the molecule is Cc1ccc(CCc2nc3c(n2CCN2CCOCC2)C(=O)c2ccccc2C3=O)o1. The Labute approximate surface area is 180 Å². The van der Waals surface area contributed by atoms with Crippen molar-refractivity contribution < 1.29 is 18.7 Å². The molecule has 3 heterocycles. The Balaban J connectivity index is 1.48. The quantitative estimate of drug-likeness (QED) is 0.478. The van der Waals surface area contributed by atoms with Gasteiger partial charge in [0.1, 0.15) is 28.7 Å². The molecule has 7 nitrogen and oxygen atoms in total. The van der Waals surface area contributed by atoms with Crippen LogP contribution in [-0.4, -0.2) is 58.9 Å². The van der Waals surface area contributed by atoms with Crippen molar-refractivity contribution in [3.8, 4) is 0 Å². The van der Waals surface area contributed by atoms with Crippen molar-refractivity contribution in [1.29, 1.82) is 0 Å². The van der Waals surface area contributed by atoms with Gasteiger partial charge in [-0.1, -0.05) is 24.3 Å². The van der Waals surface area contributed by atoms with Gasteiger partial charge in [-0.25, -0.2) is 4.98 Å². The smallest absolute Gasteiger partial charge is 0.214 e. The summed E-state index contributed by atoms with van der Waals surface area (Å²) in [6.07, 6.45) is 1.26. The Morgan fingerprint density at radius 3 is 2.39 bits per heavy atom. The van der Waals surface area contributed by atoms with Crippen molar-refractivity contribution in [2.75, 3.05) is 32.8 Å². The molecule has 0 N–H and O–H groups in total. The van der Waals surface area contributed by atoms with Gasteiger partial charge in [-0.3, -0.25) is 14.5 Å². The Hall–Kier alpha value is -3.03. The topological polar surface area (TPSA) is 77.6 Å². The third-order valence-corrected chi connectivity index (χ3v) is 6.03. The molecule has 1 aliphatic heterocycles. The average molecular weight is 419 g/mol. The van der Waals surface area contributed by atoms with Crippen LogP contribution < -0.4 is 0 Å². The van der Waals surface area contributed by atoms with E-state index in [1.54, 1.807) is 24.3 Å². The van der Waals surface area contributed by atoms with Gasteiger partial charge in [0.15, 0.2) is 0 Å². The third-order valence-electron chi connectivity index (χ3n) is 6.03. The lowest BCUT2D eigenvalue weighted by Gasteiger charge is -2.27. The first-order chi connectivity index (χ1) is 15.1. The molecule has 1 saturated heterocycles. The number of nitrogens with zero attached hydrogens (tertiary/aromatic N) is 3. The first-order valence-electron chi connectivity index (χ1n) is 10.7. The fraction of sp³-hybridized carbons (Fsp3) is 0.375. The Kier molecular flexibility index (Phi) is 5.29.